The minimum atomic E-state index is -0.761. The van der Waals surface area contributed by atoms with Crippen molar-refractivity contribution in [2.75, 3.05) is 13.2 Å². The van der Waals surface area contributed by atoms with Crippen molar-refractivity contribution in [3.8, 4) is 0 Å². The average molecular weight is 934 g/mol. The van der Waals surface area contributed by atoms with E-state index in [4.69, 9.17) is 14.2 Å². The Hall–Kier alpha value is -1.59. The fourth-order valence-electron chi connectivity index (χ4n) is 9.28. The van der Waals surface area contributed by atoms with E-state index in [1.807, 2.05) is 0 Å². The number of hydrogen-bond donors (Lipinski definition) is 0. The highest BCUT2D eigenvalue weighted by Crippen LogP contribution is 2.18. The highest BCUT2D eigenvalue weighted by Gasteiger charge is 2.19. The van der Waals surface area contributed by atoms with Crippen LogP contribution in [0, 0.1) is 5.92 Å². The molecule has 0 spiro atoms. The number of ether oxygens (including phenoxy) is 3. The van der Waals surface area contributed by atoms with Crippen molar-refractivity contribution in [2.24, 2.45) is 5.92 Å². The number of esters is 3. The van der Waals surface area contributed by atoms with Gasteiger partial charge in [-0.05, 0) is 25.2 Å². The first-order chi connectivity index (χ1) is 32.4. The second kappa shape index (κ2) is 54.4. The Balaban J connectivity index is 4.21. The third-order valence-corrected chi connectivity index (χ3v) is 13.8. The fraction of sp³-hybridized carbons (Fsp3) is 0.950. The Morgan fingerprint density at radius 3 is 0.742 bits per heavy atom. The summed E-state index contributed by atoms with van der Waals surface area (Å²) in [7, 11) is 0. The minimum absolute atomic E-state index is 0.0618. The molecule has 0 unspecified atom stereocenters. The fourth-order valence-corrected chi connectivity index (χ4v) is 9.28. The van der Waals surface area contributed by atoms with Crippen LogP contribution in [0.2, 0.25) is 0 Å². The van der Waals surface area contributed by atoms with Gasteiger partial charge >= 0.3 is 17.9 Å². The summed E-state index contributed by atoms with van der Waals surface area (Å²) >= 11 is 0. The summed E-state index contributed by atoms with van der Waals surface area (Å²) in [4.78, 5) is 38.1. The predicted octanol–water partition coefficient (Wildman–Crippen LogP) is 19.8. The van der Waals surface area contributed by atoms with E-state index in [9.17, 15) is 14.4 Å². The lowest BCUT2D eigenvalue weighted by Gasteiger charge is -2.18. The van der Waals surface area contributed by atoms with Crippen molar-refractivity contribution < 1.29 is 28.6 Å². The van der Waals surface area contributed by atoms with Gasteiger partial charge in [0, 0.05) is 19.3 Å². The second-order valence-corrected chi connectivity index (χ2v) is 21.1. The summed E-state index contributed by atoms with van der Waals surface area (Å²) in [6, 6.07) is 0. The van der Waals surface area contributed by atoms with Gasteiger partial charge in [0.1, 0.15) is 13.2 Å². The standard InChI is InChI=1S/C60H116O6/c1-5-7-9-11-13-15-17-18-19-20-21-22-27-30-33-37-41-45-49-53-60(63)66-57(54-64-58(61)51-47-43-39-35-16-14-12-10-8-6-2)55-65-59(62)52-48-44-40-36-32-29-26-24-23-25-28-31-34-38-42-46-50-56(3)4/h56-57H,5-55H2,1-4H3/t57-/m1/s1. The molecule has 6 heteroatoms. The van der Waals surface area contributed by atoms with Gasteiger partial charge < -0.3 is 14.2 Å². The summed E-state index contributed by atoms with van der Waals surface area (Å²) < 4.78 is 16.9. The Bertz CT molecular complexity index is 996. The number of rotatable bonds is 55. The molecular formula is C60H116O6. The molecular weight excluding hydrogens is 817 g/mol. The van der Waals surface area contributed by atoms with E-state index in [0.29, 0.717) is 19.3 Å². The van der Waals surface area contributed by atoms with Crippen molar-refractivity contribution >= 4 is 17.9 Å². The van der Waals surface area contributed by atoms with Gasteiger partial charge in [-0.1, -0.05) is 304 Å². The summed E-state index contributed by atoms with van der Waals surface area (Å²) in [5, 5.41) is 0. The van der Waals surface area contributed by atoms with Crippen LogP contribution in [0.5, 0.6) is 0 Å². The first kappa shape index (κ1) is 64.4. The average Bonchev–Trinajstić information content (AvgIpc) is 3.30. The molecule has 1 atom stereocenters. The largest absolute Gasteiger partial charge is 0.462 e. The summed E-state index contributed by atoms with van der Waals surface area (Å²) in [5.74, 6) is 0.0177. The quantitative estimate of drug-likeness (QED) is 0.0343. The molecule has 66 heavy (non-hydrogen) atoms. The first-order valence-electron chi connectivity index (χ1n) is 29.9. The summed E-state index contributed by atoms with van der Waals surface area (Å²) in [6.07, 6.45) is 59.6. The van der Waals surface area contributed by atoms with Crippen LogP contribution in [0.25, 0.3) is 0 Å². The van der Waals surface area contributed by atoms with Crippen LogP contribution in [0.3, 0.4) is 0 Å². The van der Waals surface area contributed by atoms with E-state index in [1.54, 1.807) is 0 Å². The molecule has 0 heterocycles. The zero-order valence-corrected chi connectivity index (χ0v) is 45.2. The van der Waals surface area contributed by atoms with E-state index in [1.165, 1.54) is 238 Å². The molecule has 0 aromatic carbocycles. The zero-order valence-electron chi connectivity index (χ0n) is 45.2. The van der Waals surface area contributed by atoms with Crippen LogP contribution in [-0.4, -0.2) is 37.2 Å². The molecule has 0 aliphatic heterocycles. The normalized spacial score (nSPS) is 12.0. The lowest BCUT2D eigenvalue weighted by atomic mass is 10.0. The summed E-state index contributed by atoms with van der Waals surface area (Å²) in [6.45, 7) is 9.07. The van der Waals surface area contributed by atoms with Gasteiger partial charge in [0.15, 0.2) is 6.10 Å². The SMILES string of the molecule is CCCCCCCCCCCCCCCCCCCCCC(=O)O[C@H](COC(=O)CCCCCCCCCCCC)COC(=O)CCCCCCCCCCCCCCCCCCC(C)C. The van der Waals surface area contributed by atoms with E-state index >= 15 is 0 Å². The number of hydrogen-bond acceptors (Lipinski definition) is 6. The number of carbonyl (C=O) groups excluding carboxylic acids is 3. The Kier molecular flexibility index (Phi) is 53.0. The van der Waals surface area contributed by atoms with Gasteiger partial charge in [-0.2, -0.15) is 0 Å². The van der Waals surface area contributed by atoms with E-state index in [0.717, 1.165) is 63.7 Å². The van der Waals surface area contributed by atoms with Crippen molar-refractivity contribution in [1.82, 2.24) is 0 Å². The van der Waals surface area contributed by atoms with E-state index < -0.39 is 6.10 Å². The van der Waals surface area contributed by atoms with Crippen LogP contribution in [0.4, 0.5) is 0 Å². The van der Waals surface area contributed by atoms with Crippen molar-refractivity contribution in [3.63, 3.8) is 0 Å². The second-order valence-electron chi connectivity index (χ2n) is 21.1. The lowest BCUT2D eigenvalue weighted by Crippen LogP contribution is -2.30. The molecule has 0 saturated carbocycles. The monoisotopic (exact) mass is 933 g/mol. The first-order valence-corrected chi connectivity index (χ1v) is 29.9. The van der Waals surface area contributed by atoms with Crippen molar-refractivity contribution in [1.29, 1.82) is 0 Å². The molecule has 0 aliphatic carbocycles. The van der Waals surface area contributed by atoms with Crippen LogP contribution in [0.15, 0.2) is 0 Å². The van der Waals surface area contributed by atoms with Crippen molar-refractivity contribution in [3.05, 3.63) is 0 Å². The third kappa shape index (κ3) is 53.4. The number of unbranched alkanes of at least 4 members (excludes halogenated alkanes) is 42. The van der Waals surface area contributed by atoms with Gasteiger partial charge in [-0.3, -0.25) is 14.4 Å². The molecule has 0 aromatic heterocycles. The molecule has 0 N–H and O–H groups in total. The molecule has 0 fully saturated rings. The van der Waals surface area contributed by atoms with Gasteiger partial charge in [0.05, 0.1) is 0 Å². The molecule has 0 saturated heterocycles. The molecule has 0 aliphatic rings. The topological polar surface area (TPSA) is 78.9 Å². The van der Waals surface area contributed by atoms with Crippen LogP contribution in [-0.2, 0) is 28.6 Å². The van der Waals surface area contributed by atoms with Crippen LogP contribution < -0.4 is 0 Å². The van der Waals surface area contributed by atoms with Gasteiger partial charge in [0.2, 0.25) is 0 Å². The van der Waals surface area contributed by atoms with Crippen molar-refractivity contribution in [2.45, 2.75) is 348 Å². The highest BCUT2D eigenvalue weighted by atomic mass is 16.6. The Morgan fingerprint density at radius 1 is 0.288 bits per heavy atom. The van der Waals surface area contributed by atoms with E-state index in [-0.39, 0.29) is 31.1 Å². The van der Waals surface area contributed by atoms with Gasteiger partial charge in [-0.25, -0.2) is 0 Å². The zero-order chi connectivity index (χ0) is 48.1. The molecule has 0 bridgehead atoms. The van der Waals surface area contributed by atoms with Gasteiger partial charge in [0.25, 0.3) is 0 Å². The van der Waals surface area contributed by atoms with E-state index in [2.05, 4.69) is 27.7 Å². The Morgan fingerprint density at radius 2 is 0.500 bits per heavy atom. The molecule has 0 rings (SSSR count). The van der Waals surface area contributed by atoms with Crippen LogP contribution >= 0.6 is 0 Å². The van der Waals surface area contributed by atoms with Gasteiger partial charge in [-0.15, -0.1) is 0 Å². The minimum Gasteiger partial charge on any atom is -0.462 e. The number of carbonyl (C=O) groups is 3. The predicted molar refractivity (Wildman–Crippen MR) is 284 cm³/mol. The molecule has 6 nitrogen and oxygen atoms in total. The van der Waals surface area contributed by atoms with Crippen LogP contribution in [0.1, 0.15) is 342 Å². The molecule has 392 valence electrons. The maximum atomic E-state index is 12.9. The molecule has 0 amide bonds. The summed E-state index contributed by atoms with van der Waals surface area (Å²) in [5.41, 5.74) is 0. The highest BCUT2D eigenvalue weighted by molar-refractivity contribution is 5.71. The lowest BCUT2D eigenvalue weighted by molar-refractivity contribution is -0.167. The Labute approximate surface area is 412 Å². The maximum Gasteiger partial charge on any atom is 0.306 e. The molecule has 0 radical (unpaired) electrons. The third-order valence-electron chi connectivity index (χ3n) is 13.8. The smallest absolute Gasteiger partial charge is 0.306 e. The maximum absolute atomic E-state index is 12.9. The molecule has 0 aromatic rings.